The van der Waals surface area contributed by atoms with Crippen LogP contribution >= 0.6 is 0 Å². The Morgan fingerprint density at radius 2 is 0.547 bits per heavy atom. The number of hydrogen-bond acceptors (Lipinski definition) is 1. The second-order valence-corrected chi connectivity index (χ2v) is 17.6. The van der Waals surface area contributed by atoms with Crippen molar-refractivity contribution in [3.05, 3.63) is 292 Å². The molecule has 0 atom stereocenters. The summed E-state index contributed by atoms with van der Waals surface area (Å²) in [6.45, 7) is 0. The molecule has 1 nitrogen and oxygen atoms in total. The van der Waals surface area contributed by atoms with Crippen molar-refractivity contribution < 1.29 is 0 Å². The lowest BCUT2D eigenvalue weighted by Crippen LogP contribution is -2.26. The van der Waals surface area contributed by atoms with Gasteiger partial charge in [-0.2, -0.15) is 0 Å². The van der Waals surface area contributed by atoms with Crippen LogP contribution in [0.1, 0.15) is 55.6 Å². The van der Waals surface area contributed by atoms with Gasteiger partial charge in [0.2, 0.25) is 0 Å². The zero-order valence-corrected chi connectivity index (χ0v) is 35.0. The van der Waals surface area contributed by atoms with E-state index in [1.54, 1.807) is 0 Å². The molecule has 0 aliphatic heterocycles. The average Bonchev–Trinajstić information content (AvgIpc) is 4.05. The van der Waals surface area contributed by atoms with Crippen LogP contribution in [0.2, 0.25) is 0 Å². The fraction of sp³-hybridized carbons (Fsp3) is 0.0317. The monoisotopic (exact) mass is 809 g/mol. The third-order valence-electron chi connectivity index (χ3n) is 14.8. The molecule has 0 bridgehead atoms. The molecule has 0 heterocycles. The van der Waals surface area contributed by atoms with Crippen molar-refractivity contribution >= 4 is 11.4 Å². The number of benzene rings is 10. The Balaban J connectivity index is 1.06. The number of fused-ring (bicyclic) bond motifs is 20. The normalized spacial score (nSPS) is 14.2. The first-order valence-electron chi connectivity index (χ1n) is 22.4. The van der Waals surface area contributed by atoms with Gasteiger partial charge in [-0.1, -0.05) is 218 Å². The summed E-state index contributed by atoms with van der Waals surface area (Å²) in [7, 11) is 0. The molecule has 1 heteroatoms. The summed E-state index contributed by atoms with van der Waals surface area (Å²) in [4.78, 5) is 5.85. The minimum atomic E-state index is -0.469. The molecular weight excluding hydrogens is 771 g/mol. The molecule has 4 aliphatic rings. The van der Waals surface area contributed by atoms with Gasteiger partial charge in [0.25, 0.3) is 0 Å². The van der Waals surface area contributed by atoms with Crippen LogP contribution in [0.5, 0.6) is 0 Å². The van der Waals surface area contributed by atoms with Gasteiger partial charge in [-0.3, -0.25) is 0 Å². The molecule has 0 unspecified atom stereocenters. The van der Waals surface area contributed by atoms with Gasteiger partial charge in [0.05, 0.1) is 22.2 Å². The van der Waals surface area contributed by atoms with Gasteiger partial charge in [0.15, 0.2) is 0 Å². The topological polar surface area (TPSA) is 12.4 Å². The van der Waals surface area contributed by atoms with Gasteiger partial charge < -0.3 is 0 Å². The minimum Gasteiger partial charge on any atom is -0.247 e. The third kappa shape index (κ3) is 4.50. The Hall–Kier alpha value is -8.13. The number of aliphatic imine (C=N–C) groups is 1. The second kappa shape index (κ2) is 13.2. The molecular formula is C63H39N. The van der Waals surface area contributed by atoms with Crippen LogP contribution in [0.3, 0.4) is 0 Å². The zero-order valence-electron chi connectivity index (χ0n) is 35.0. The SMILES string of the molecule is c1ccc(-c2ccccc2N=C(c2ccc3c(c2)C2(c4ccccc4-c4ccccc42)c2ccccc2-3)c2ccc3c(c2)C2(c4ccccc4-c4ccccc42)c2ccccc2-3)cc1. The highest BCUT2D eigenvalue weighted by atomic mass is 14.8. The van der Waals surface area contributed by atoms with Crippen molar-refractivity contribution in [1.29, 1.82) is 0 Å². The summed E-state index contributed by atoms with van der Waals surface area (Å²) in [5, 5.41) is 0. The maximum Gasteiger partial charge on any atom is 0.0782 e. The van der Waals surface area contributed by atoms with Crippen LogP contribution < -0.4 is 0 Å². The van der Waals surface area contributed by atoms with Crippen LogP contribution in [-0.4, -0.2) is 5.71 Å². The molecule has 14 rings (SSSR count). The van der Waals surface area contributed by atoms with Crippen molar-refractivity contribution in [2.24, 2.45) is 4.99 Å². The Kier molecular flexibility index (Phi) is 7.31. The first kappa shape index (κ1) is 35.5. The van der Waals surface area contributed by atoms with Crippen LogP contribution in [0.25, 0.3) is 55.6 Å². The summed E-state index contributed by atoms with van der Waals surface area (Å²) in [6.07, 6.45) is 0. The summed E-state index contributed by atoms with van der Waals surface area (Å²) in [5.41, 5.74) is 26.3. The van der Waals surface area contributed by atoms with Gasteiger partial charge in [0.1, 0.15) is 0 Å². The highest BCUT2D eigenvalue weighted by Gasteiger charge is 2.53. The van der Waals surface area contributed by atoms with Crippen molar-refractivity contribution in [2.45, 2.75) is 10.8 Å². The van der Waals surface area contributed by atoms with Gasteiger partial charge >= 0.3 is 0 Å². The van der Waals surface area contributed by atoms with Crippen LogP contribution in [0.15, 0.2) is 242 Å². The van der Waals surface area contributed by atoms with E-state index in [9.17, 15) is 0 Å². The van der Waals surface area contributed by atoms with E-state index in [4.69, 9.17) is 4.99 Å². The maximum atomic E-state index is 5.85. The van der Waals surface area contributed by atoms with Gasteiger partial charge in [-0.15, -0.1) is 0 Å². The van der Waals surface area contributed by atoms with E-state index >= 15 is 0 Å². The molecule has 296 valence electrons. The minimum absolute atomic E-state index is 0.469. The Morgan fingerprint density at radius 1 is 0.250 bits per heavy atom. The highest BCUT2D eigenvalue weighted by Crippen LogP contribution is 2.64. The molecule has 0 aromatic heterocycles. The largest absolute Gasteiger partial charge is 0.247 e. The van der Waals surface area contributed by atoms with E-state index in [0.717, 1.165) is 33.7 Å². The lowest BCUT2D eigenvalue weighted by Gasteiger charge is -2.31. The molecule has 0 amide bonds. The van der Waals surface area contributed by atoms with E-state index in [2.05, 4.69) is 237 Å². The Morgan fingerprint density at radius 3 is 0.922 bits per heavy atom. The fourth-order valence-electron chi connectivity index (χ4n) is 12.3. The van der Waals surface area contributed by atoms with Gasteiger partial charge in [0, 0.05) is 16.7 Å². The molecule has 10 aromatic carbocycles. The van der Waals surface area contributed by atoms with Gasteiger partial charge in [-0.05, 0) is 113 Å². The molecule has 0 fully saturated rings. The average molecular weight is 810 g/mol. The molecule has 2 spiro atoms. The van der Waals surface area contributed by atoms with E-state index in [0.29, 0.717) is 0 Å². The Labute approximate surface area is 373 Å². The molecule has 4 aliphatic carbocycles. The summed E-state index contributed by atoms with van der Waals surface area (Å²) >= 11 is 0. The number of nitrogens with zero attached hydrogens (tertiary/aromatic N) is 1. The quantitative estimate of drug-likeness (QED) is 0.157. The zero-order chi connectivity index (χ0) is 42.0. The molecule has 10 aromatic rings. The molecule has 0 saturated heterocycles. The lowest BCUT2D eigenvalue weighted by atomic mass is 9.70. The van der Waals surface area contributed by atoms with E-state index in [1.165, 1.54) is 89.0 Å². The van der Waals surface area contributed by atoms with Crippen LogP contribution in [0, 0.1) is 0 Å². The number of rotatable bonds is 4. The number of para-hydroxylation sites is 1. The standard InChI is InChI=1S/C63H39N/c1-2-18-40(19-3-1)43-20-10-17-33-60(43)64-61(41-34-36-50-48-25-8-15-31-56(48)62(58(50)38-41)52-27-11-4-21-44(52)45-22-5-12-28-53(45)62)42-35-37-51-49-26-9-16-32-57(49)63(59(51)39-42)54-29-13-6-23-46(54)47-24-7-14-30-55(47)63/h1-39H. The van der Waals surface area contributed by atoms with Crippen LogP contribution in [-0.2, 0) is 10.8 Å². The molecule has 0 saturated carbocycles. The van der Waals surface area contributed by atoms with Gasteiger partial charge in [-0.25, -0.2) is 4.99 Å². The highest BCUT2D eigenvalue weighted by molar-refractivity contribution is 6.16. The first-order valence-corrected chi connectivity index (χ1v) is 22.4. The molecule has 64 heavy (non-hydrogen) atoms. The second-order valence-electron chi connectivity index (χ2n) is 17.6. The van der Waals surface area contributed by atoms with E-state index in [-0.39, 0.29) is 0 Å². The Bertz CT molecular complexity index is 3300. The lowest BCUT2D eigenvalue weighted by molar-refractivity contribution is 0.793. The fourth-order valence-corrected chi connectivity index (χ4v) is 12.3. The van der Waals surface area contributed by atoms with Crippen molar-refractivity contribution in [2.75, 3.05) is 0 Å². The first-order chi connectivity index (χ1) is 31.8. The summed E-state index contributed by atoms with van der Waals surface area (Å²) in [5.74, 6) is 0. The maximum absolute atomic E-state index is 5.85. The van der Waals surface area contributed by atoms with E-state index < -0.39 is 10.8 Å². The predicted molar refractivity (Wildman–Crippen MR) is 263 cm³/mol. The van der Waals surface area contributed by atoms with Crippen molar-refractivity contribution in [3.63, 3.8) is 0 Å². The smallest absolute Gasteiger partial charge is 0.0782 e. The van der Waals surface area contributed by atoms with Crippen LogP contribution in [0.4, 0.5) is 5.69 Å². The predicted octanol–water partition coefficient (Wildman–Crippen LogP) is 15.2. The number of hydrogen-bond donors (Lipinski definition) is 0. The summed E-state index contributed by atoms with van der Waals surface area (Å²) in [6, 6.07) is 88.0. The molecule has 0 radical (unpaired) electrons. The van der Waals surface area contributed by atoms with Crippen molar-refractivity contribution in [3.8, 4) is 55.6 Å². The van der Waals surface area contributed by atoms with E-state index in [1.807, 2.05) is 0 Å². The summed E-state index contributed by atoms with van der Waals surface area (Å²) < 4.78 is 0. The van der Waals surface area contributed by atoms with Crippen molar-refractivity contribution in [1.82, 2.24) is 0 Å². The molecule has 0 N–H and O–H groups in total. The third-order valence-corrected chi connectivity index (χ3v) is 14.8.